The van der Waals surface area contributed by atoms with Crippen molar-refractivity contribution in [2.45, 2.75) is 25.5 Å². The summed E-state index contributed by atoms with van der Waals surface area (Å²) in [5.74, 6) is 0.983. The number of rotatable bonds is 4. The van der Waals surface area contributed by atoms with Gasteiger partial charge in [0, 0.05) is 6.04 Å². The van der Waals surface area contributed by atoms with E-state index in [9.17, 15) is 0 Å². The molecule has 1 aromatic carbocycles. The zero-order valence-electron chi connectivity index (χ0n) is 10.5. The fraction of sp³-hybridized carbons (Fsp3) is 0.333. The number of hydrogen-bond donors (Lipinski definition) is 1. The van der Waals surface area contributed by atoms with Gasteiger partial charge in [0.2, 0.25) is 0 Å². The molecule has 0 saturated heterocycles. The van der Waals surface area contributed by atoms with Crippen LogP contribution >= 0.6 is 11.3 Å². The van der Waals surface area contributed by atoms with Crippen molar-refractivity contribution in [3.05, 3.63) is 51.7 Å². The number of fused-ring (bicyclic) bond motifs is 1. The number of hydrogen-bond acceptors (Lipinski definition) is 3. The first kappa shape index (κ1) is 11.8. The van der Waals surface area contributed by atoms with Gasteiger partial charge in [-0.05, 0) is 65.5 Å². The third kappa shape index (κ3) is 2.28. The van der Waals surface area contributed by atoms with Gasteiger partial charge in [-0.25, -0.2) is 0 Å². The highest BCUT2D eigenvalue weighted by atomic mass is 32.1. The Morgan fingerprint density at radius 1 is 1.39 bits per heavy atom. The molecular weight excluding hydrogens is 242 g/mol. The largest absolute Gasteiger partial charge is 0.489 e. The minimum absolute atomic E-state index is 0.519. The molecule has 18 heavy (non-hydrogen) atoms. The Balaban J connectivity index is 1.71. The monoisotopic (exact) mass is 259 g/mol. The summed E-state index contributed by atoms with van der Waals surface area (Å²) in [7, 11) is 2.03. The Labute approximate surface area is 112 Å². The molecule has 1 aromatic heterocycles. The number of ether oxygens (including phenoxy) is 1. The van der Waals surface area contributed by atoms with Gasteiger partial charge in [-0.15, -0.1) is 0 Å². The van der Waals surface area contributed by atoms with E-state index in [0.717, 1.165) is 12.2 Å². The maximum Gasteiger partial charge on any atom is 0.120 e. The maximum absolute atomic E-state index is 5.83. The minimum atomic E-state index is 0.519. The Kier molecular flexibility index (Phi) is 3.35. The van der Waals surface area contributed by atoms with Gasteiger partial charge in [0.05, 0.1) is 0 Å². The lowest BCUT2D eigenvalue weighted by Crippen LogP contribution is -2.12. The molecular formula is C15H17NOS. The van der Waals surface area contributed by atoms with Crippen molar-refractivity contribution in [1.29, 1.82) is 0 Å². The van der Waals surface area contributed by atoms with Crippen LogP contribution in [0.3, 0.4) is 0 Å². The molecule has 1 aliphatic carbocycles. The molecule has 0 saturated carbocycles. The molecule has 0 bridgehead atoms. The number of aryl methyl sites for hydroxylation is 1. The lowest BCUT2D eigenvalue weighted by molar-refractivity contribution is 0.306. The van der Waals surface area contributed by atoms with Crippen LogP contribution in [0.5, 0.6) is 5.75 Å². The summed E-state index contributed by atoms with van der Waals surface area (Å²) in [4.78, 5) is 0. The zero-order valence-corrected chi connectivity index (χ0v) is 11.3. The third-order valence-electron chi connectivity index (χ3n) is 3.53. The lowest BCUT2D eigenvalue weighted by atomic mass is 10.1. The SMILES string of the molecule is CNC1CCc2cc(OCc3ccsc3)ccc21. The molecule has 1 unspecified atom stereocenters. The van der Waals surface area contributed by atoms with Crippen molar-refractivity contribution in [2.24, 2.45) is 0 Å². The first-order chi connectivity index (χ1) is 8.86. The number of nitrogens with one attached hydrogen (secondary N) is 1. The summed E-state index contributed by atoms with van der Waals surface area (Å²) in [6.45, 7) is 0.664. The summed E-state index contributed by atoms with van der Waals surface area (Å²) < 4.78 is 5.83. The molecule has 3 rings (SSSR count). The van der Waals surface area contributed by atoms with Gasteiger partial charge in [-0.1, -0.05) is 6.07 Å². The van der Waals surface area contributed by atoms with Crippen LogP contribution in [0.4, 0.5) is 0 Å². The fourth-order valence-electron chi connectivity index (χ4n) is 2.52. The molecule has 1 atom stereocenters. The van der Waals surface area contributed by atoms with E-state index in [1.54, 1.807) is 11.3 Å². The number of thiophene rings is 1. The highest BCUT2D eigenvalue weighted by molar-refractivity contribution is 7.07. The van der Waals surface area contributed by atoms with Gasteiger partial charge in [-0.2, -0.15) is 11.3 Å². The Hall–Kier alpha value is -1.32. The molecule has 0 amide bonds. The molecule has 0 aliphatic heterocycles. The van der Waals surface area contributed by atoms with Gasteiger partial charge >= 0.3 is 0 Å². The van der Waals surface area contributed by atoms with Crippen LogP contribution in [0.2, 0.25) is 0 Å². The van der Waals surface area contributed by atoms with E-state index in [-0.39, 0.29) is 0 Å². The lowest BCUT2D eigenvalue weighted by Gasteiger charge is -2.11. The van der Waals surface area contributed by atoms with Crippen LogP contribution in [0, 0.1) is 0 Å². The number of benzene rings is 1. The van der Waals surface area contributed by atoms with Gasteiger partial charge < -0.3 is 10.1 Å². The van der Waals surface area contributed by atoms with E-state index < -0.39 is 0 Å². The van der Waals surface area contributed by atoms with E-state index in [0.29, 0.717) is 12.6 Å². The van der Waals surface area contributed by atoms with Gasteiger partial charge in [0.1, 0.15) is 12.4 Å². The molecule has 1 aliphatic rings. The van der Waals surface area contributed by atoms with Crippen LogP contribution in [-0.2, 0) is 13.0 Å². The van der Waals surface area contributed by atoms with Crippen molar-refractivity contribution < 1.29 is 4.74 Å². The highest BCUT2D eigenvalue weighted by Crippen LogP contribution is 2.33. The Morgan fingerprint density at radius 3 is 3.11 bits per heavy atom. The summed E-state index contributed by atoms with van der Waals surface area (Å²) in [5.41, 5.74) is 4.10. The fourth-order valence-corrected chi connectivity index (χ4v) is 3.18. The predicted molar refractivity (Wildman–Crippen MR) is 75.2 cm³/mol. The maximum atomic E-state index is 5.83. The van der Waals surface area contributed by atoms with Crippen LogP contribution < -0.4 is 10.1 Å². The molecule has 0 spiro atoms. The Morgan fingerprint density at radius 2 is 2.33 bits per heavy atom. The van der Waals surface area contributed by atoms with Gasteiger partial charge in [0.15, 0.2) is 0 Å². The normalized spacial score (nSPS) is 17.7. The average molecular weight is 259 g/mol. The summed E-state index contributed by atoms with van der Waals surface area (Å²) in [6.07, 6.45) is 2.34. The average Bonchev–Trinajstić information content (AvgIpc) is 3.05. The zero-order chi connectivity index (χ0) is 12.4. The van der Waals surface area contributed by atoms with Crippen molar-refractivity contribution >= 4 is 11.3 Å². The molecule has 2 aromatic rings. The van der Waals surface area contributed by atoms with Crippen molar-refractivity contribution in [1.82, 2.24) is 5.32 Å². The summed E-state index contributed by atoms with van der Waals surface area (Å²) >= 11 is 1.71. The minimum Gasteiger partial charge on any atom is -0.489 e. The second-order valence-corrected chi connectivity index (χ2v) is 5.44. The molecule has 0 fully saturated rings. The third-order valence-corrected chi connectivity index (χ3v) is 4.26. The van der Waals surface area contributed by atoms with E-state index in [4.69, 9.17) is 4.74 Å². The van der Waals surface area contributed by atoms with Crippen molar-refractivity contribution in [3.63, 3.8) is 0 Å². The van der Waals surface area contributed by atoms with Crippen molar-refractivity contribution in [3.8, 4) is 5.75 Å². The molecule has 1 heterocycles. The quantitative estimate of drug-likeness (QED) is 0.907. The molecule has 1 N–H and O–H groups in total. The van der Waals surface area contributed by atoms with E-state index in [2.05, 4.69) is 40.3 Å². The van der Waals surface area contributed by atoms with Gasteiger partial charge in [-0.3, -0.25) is 0 Å². The van der Waals surface area contributed by atoms with Gasteiger partial charge in [0.25, 0.3) is 0 Å². The second kappa shape index (κ2) is 5.12. The predicted octanol–water partition coefficient (Wildman–Crippen LogP) is 3.53. The van der Waals surface area contributed by atoms with Crippen LogP contribution in [0.1, 0.15) is 29.2 Å². The van der Waals surface area contributed by atoms with Crippen LogP contribution in [0.25, 0.3) is 0 Å². The van der Waals surface area contributed by atoms with Crippen LogP contribution in [-0.4, -0.2) is 7.05 Å². The molecule has 2 nitrogen and oxygen atoms in total. The second-order valence-electron chi connectivity index (χ2n) is 4.66. The molecule has 0 radical (unpaired) electrons. The smallest absolute Gasteiger partial charge is 0.120 e. The molecule has 94 valence electrons. The Bertz CT molecular complexity index is 521. The first-order valence-electron chi connectivity index (χ1n) is 6.31. The highest BCUT2D eigenvalue weighted by Gasteiger charge is 2.20. The van der Waals surface area contributed by atoms with E-state index in [1.807, 2.05) is 7.05 Å². The summed E-state index contributed by atoms with van der Waals surface area (Å²) in [5, 5.41) is 7.57. The van der Waals surface area contributed by atoms with E-state index in [1.165, 1.54) is 23.1 Å². The summed E-state index contributed by atoms with van der Waals surface area (Å²) in [6, 6.07) is 9.10. The van der Waals surface area contributed by atoms with Crippen LogP contribution in [0.15, 0.2) is 35.0 Å². The topological polar surface area (TPSA) is 21.3 Å². The van der Waals surface area contributed by atoms with Crippen molar-refractivity contribution in [2.75, 3.05) is 7.05 Å². The van der Waals surface area contributed by atoms with E-state index >= 15 is 0 Å². The standard InChI is InChI=1S/C15H17NOS/c1-16-15-5-2-12-8-13(3-4-14(12)15)17-9-11-6-7-18-10-11/h3-4,6-8,10,15-16H,2,5,9H2,1H3. The molecule has 3 heteroatoms. The first-order valence-corrected chi connectivity index (χ1v) is 7.25.